The molecule has 0 amide bonds. The molecule has 0 saturated heterocycles. The fourth-order valence-corrected chi connectivity index (χ4v) is 0.817. The van der Waals surface area contributed by atoms with E-state index in [2.05, 4.69) is 12.3 Å². The molecule has 0 aromatic carbocycles. The van der Waals surface area contributed by atoms with Crippen LogP contribution in [0, 0.1) is 5.21 Å². The van der Waals surface area contributed by atoms with Crippen molar-refractivity contribution in [2.45, 2.75) is 46.1 Å². The van der Waals surface area contributed by atoms with Crippen molar-refractivity contribution in [3.05, 3.63) is 17.5 Å². The van der Waals surface area contributed by atoms with Gasteiger partial charge in [-0.2, -0.15) is 0 Å². The highest BCUT2D eigenvalue weighted by atomic mass is 16.5. The van der Waals surface area contributed by atoms with Crippen LogP contribution in [0.15, 0.2) is 12.3 Å². The quantitative estimate of drug-likeness (QED) is 0.503. The van der Waals surface area contributed by atoms with Gasteiger partial charge in [-0.1, -0.05) is 25.8 Å². The minimum Gasteiger partial charge on any atom is -0.744 e. The summed E-state index contributed by atoms with van der Waals surface area (Å²) in [6, 6.07) is -0.427. The highest BCUT2D eigenvalue weighted by Crippen LogP contribution is 1.96. The monoisotopic (exact) mass is 199 g/mol. The van der Waals surface area contributed by atoms with Gasteiger partial charge in [0.2, 0.25) is 0 Å². The van der Waals surface area contributed by atoms with E-state index in [1.807, 2.05) is 0 Å². The number of allylic oxidation sites excluding steroid dienone is 1. The Labute approximate surface area is 85.5 Å². The molecule has 0 rings (SSSR count). The lowest BCUT2D eigenvalue weighted by molar-refractivity contribution is -0.119. The van der Waals surface area contributed by atoms with Gasteiger partial charge >= 0.3 is 0 Å². The fourth-order valence-electron chi connectivity index (χ4n) is 0.817. The number of hydrogen-bond donors (Lipinski definition) is 1. The Balaban J connectivity index is 3.68. The van der Waals surface area contributed by atoms with Gasteiger partial charge in [0.05, 0.1) is 6.04 Å². The molecule has 0 aliphatic carbocycles. The maximum absolute atomic E-state index is 11.1. The van der Waals surface area contributed by atoms with E-state index < -0.39 is 6.04 Å². The Morgan fingerprint density at radius 3 is 2.79 bits per heavy atom. The standard InChI is InChI=1S/C10H19N2O2/c1-4-5-6-7-8-12(14)11-9(2)10(3)13/h7-9,11H,4-6H2,1-3H3/q-1. The smallest absolute Gasteiger partial charge is 0.148 e. The lowest BCUT2D eigenvalue weighted by Crippen LogP contribution is -2.40. The van der Waals surface area contributed by atoms with E-state index in [1.54, 1.807) is 13.0 Å². The van der Waals surface area contributed by atoms with E-state index in [9.17, 15) is 10.0 Å². The second-order valence-electron chi connectivity index (χ2n) is 3.31. The maximum atomic E-state index is 11.1. The van der Waals surface area contributed by atoms with Gasteiger partial charge in [-0.3, -0.25) is 4.79 Å². The first-order valence-corrected chi connectivity index (χ1v) is 4.97. The Morgan fingerprint density at radius 2 is 2.29 bits per heavy atom. The molecular weight excluding hydrogens is 180 g/mol. The molecule has 4 nitrogen and oxygen atoms in total. The van der Waals surface area contributed by atoms with Gasteiger partial charge in [-0.15, -0.1) is 0 Å². The maximum Gasteiger partial charge on any atom is 0.148 e. The third-order valence-corrected chi connectivity index (χ3v) is 1.90. The second-order valence-corrected chi connectivity index (χ2v) is 3.31. The molecule has 0 radical (unpaired) electrons. The van der Waals surface area contributed by atoms with Crippen molar-refractivity contribution >= 4 is 5.78 Å². The number of hydroxylamine groups is 1. The minimum absolute atomic E-state index is 0.0483. The predicted octanol–water partition coefficient (Wildman–Crippen LogP) is 1.97. The molecule has 0 heterocycles. The molecule has 0 aliphatic rings. The van der Waals surface area contributed by atoms with Crippen LogP contribution in [-0.4, -0.2) is 17.0 Å². The van der Waals surface area contributed by atoms with Crippen LogP contribution in [0.25, 0.3) is 0 Å². The van der Waals surface area contributed by atoms with Crippen LogP contribution in [0.1, 0.15) is 40.0 Å². The van der Waals surface area contributed by atoms with Crippen LogP contribution in [0.5, 0.6) is 0 Å². The van der Waals surface area contributed by atoms with Gasteiger partial charge in [0.1, 0.15) is 5.78 Å². The summed E-state index contributed by atoms with van der Waals surface area (Å²) in [4.78, 5) is 10.8. The molecule has 1 unspecified atom stereocenters. The van der Waals surface area contributed by atoms with Crippen LogP contribution in [0.2, 0.25) is 0 Å². The molecule has 0 aliphatic heterocycles. The Kier molecular flexibility index (Phi) is 7.06. The summed E-state index contributed by atoms with van der Waals surface area (Å²) in [5.74, 6) is -0.0483. The van der Waals surface area contributed by atoms with Gasteiger partial charge in [-0.25, -0.2) is 5.43 Å². The molecule has 82 valence electrons. The lowest BCUT2D eigenvalue weighted by atomic mass is 10.2. The Hall–Kier alpha value is -0.870. The van der Waals surface area contributed by atoms with Gasteiger partial charge in [0, 0.05) is 0 Å². The summed E-state index contributed by atoms with van der Waals surface area (Å²) in [6.45, 7) is 5.21. The SMILES string of the molecule is CCCCC=CN([O-])NC(C)C(C)=O. The molecule has 1 atom stereocenters. The number of carbonyl (C=O) groups is 1. The zero-order chi connectivity index (χ0) is 11.0. The van der Waals surface area contributed by atoms with Gasteiger partial charge in [0.25, 0.3) is 0 Å². The van der Waals surface area contributed by atoms with E-state index in [0.717, 1.165) is 19.3 Å². The zero-order valence-corrected chi connectivity index (χ0v) is 9.12. The van der Waals surface area contributed by atoms with Gasteiger partial charge in [-0.05, 0) is 26.5 Å². The highest BCUT2D eigenvalue weighted by molar-refractivity contribution is 5.80. The number of hydrogen-bond acceptors (Lipinski definition) is 4. The number of carbonyl (C=O) groups excluding carboxylic acids is 1. The lowest BCUT2D eigenvalue weighted by Gasteiger charge is -2.29. The fraction of sp³-hybridized carbons (Fsp3) is 0.700. The Bertz CT molecular complexity index is 193. The van der Waals surface area contributed by atoms with Crippen molar-refractivity contribution in [3.8, 4) is 0 Å². The summed E-state index contributed by atoms with van der Waals surface area (Å²) in [6.07, 6.45) is 6.30. The number of unbranched alkanes of at least 4 members (excludes halogenated alkanes) is 2. The number of Topliss-reactive ketones (excluding diaryl/α,β-unsaturated/α-hetero) is 1. The van der Waals surface area contributed by atoms with Crippen LogP contribution in [0.4, 0.5) is 0 Å². The summed E-state index contributed by atoms with van der Waals surface area (Å²) in [7, 11) is 0. The van der Waals surface area contributed by atoms with Crippen molar-refractivity contribution in [3.63, 3.8) is 0 Å². The summed E-state index contributed by atoms with van der Waals surface area (Å²) >= 11 is 0. The molecular formula is C10H19N2O2-. The summed E-state index contributed by atoms with van der Waals surface area (Å²) in [5.41, 5.74) is 2.50. The predicted molar refractivity (Wildman–Crippen MR) is 57.1 cm³/mol. The average Bonchev–Trinajstić information content (AvgIpc) is 2.12. The first-order chi connectivity index (χ1) is 6.57. The summed E-state index contributed by atoms with van der Waals surface area (Å²) < 4.78 is 0. The van der Waals surface area contributed by atoms with E-state index in [-0.39, 0.29) is 5.78 Å². The van der Waals surface area contributed by atoms with Crippen molar-refractivity contribution in [1.29, 1.82) is 0 Å². The summed E-state index contributed by atoms with van der Waals surface area (Å²) in [5, 5.41) is 11.7. The van der Waals surface area contributed by atoms with Crippen molar-refractivity contribution in [1.82, 2.24) is 10.6 Å². The largest absolute Gasteiger partial charge is 0.744 e. The normalized spacial score (nSPS) is 13.1. The first kappa shape index (κ1) is 13.1. The second kappa shape index (κ2) is 7.53. The average molecular weight is 199 g/mol. The van der Waals surface area contributed by atoms with E-state index in [1.165, 1.54) is 13.1 Å². The first-order valence-electron chi connectivity index (χ1n) is 4.97. The van der Waals surface area contributed by atoms with E-state index >= 15 is 0 Å². The van der Waals surface area contributed by atoms with Crippen molar-refractivity contribution in [2.24, 2.45) is 0 Å². The molecule has 0 bridgehead atoms. The van der Waals surface area contributed by atoms with Gasteiger partial charge in [0.15, 0.2) is 0 Å². The minimum atomic E-state index is -0.427. The number of rotatable bonds is 7. The van der Waals surface area contributed by atoms with Crippen LogP contribution >= 0.6 is 0 Å². The molecule has 14 heavy (non-hydrogen) atoms. The van der Waals surface area contributed by atoms with E-state index in [4.69, 9.17) is 0 Å². The number of nitrogens with zero attached hydrogens (tertiary/aromatic N) is 1. The number of hydrazine groups is 1. The number of ketones is 1. The van der Waals surface area contributed by atoms with Crippen LogP contribution < -0.4 is 5.43 Å². The molecule has 4 heteroatoms. The van der Waals surface area contributed by atoms with Gasteiger partial charge < -0.3 is 10.4 Å². The Morgan fingerprint density at radius 1 is 1.64 bits per heavy atom. The third kappa shape index (κ3) is 6.62. The zero-order valence-electron chi connectivity index (χ0n) is 9.12. The third-order valence-electron chi connectivity index (χ3n) is 1.90. The molecule has 0 aromatic rings. The number of nitrogens with one attached hydrogen (secondary N) is 1. The van der Waals surface area contributed by atoms with E-state index in [0.29, 0.717) is 5.17 Å². The van der Waals surface area contributed by atoms with Crippen LogP contribution in [0.3, 0.4) is 0 Å². The van der Waals surface area contributed by atoms with Crippen molar-refractivity contribution < 1.29 is 4.79 Å². The molecule has 0 fully saturated rings. The van der Waals surface area contributed by atoms with Crippen molar-refractivity contribution in [2.75, 3.05) is 0 Å². The molecule has 0 saturated carbocycles. The highest BCUT2D eigenvalue weighted by Gasteiger charge is 2.04. The topological polar surface area (TPSA) is 55.4 Å². The van der Waals surface area contributed by atoms with Crippen LogP contribution in [-0.2, 0) is 4.79 Å². The molecule has 0 spiro atoms. The molecule has 0 aromatic heterocycles. The molecule has 1 N–H and O–H groups in total.